The Morgan fingerprint density at radius 1 is 1.40 bits per heavy atom. The molecular weight excluding hydrogens is 250 g/mol. The maximum atomic E-state index is 3.61. The van der Waals surface area contributed by atoms with Gasteiger partial charge in [-0.1, -0.05) is 47.5 Å². The molecule has 1 heterocycles. The zero-order valence-corrected chi connectivity index (χ0v) is 10.8. The first-order chi connectivity index (χ1) is 7.29. The molecule has 1 unspecified atom stereocenters. The molecule has 2 rings (SSSR count). The highest BCUT2D eigenvalue weighted by Gasteiger charge is 2.20. The van der Waals surface area contributed by atoms with Crippen molar-refractivity contribution in [3.63, 3.8) is 0 Å². The van der Waals surface area contributed by atoms with Gasteiger partial charge in [-0.15, -0.1) is 0 Å². The molecule has 2 heteroatoms. The maximum Gasteiger partial charge on any atom is 0.0245 e. The first kappa shape index (κ1) is 11.2. The molecule has 1 atom stereocenters. The van der Waals surface area contributed by atoms with E-state index in [-0.39, 0.29) is 0 Å². The van der Waals surface area contributed by atoms with Crippen LogP contribution in [-0.2, 0) is 6.54 Å². The molecule has 0 amide bonds. The molecule has 0 spiro atoms. The van der Waals surface area contributed by atoms with Gasteiger partial charge in [0.2, 0.25) is 0 Å². The average molecular weight is 268 g/mol. The summed E-state index contributed by atoms with van der Waals surface area (Å²) in [6.07, 6.45) is 2.70. The molecular formula is C13H18BrN. The summed E-state index contributed by atoms with van der Waals surface area (Å²) in [5.41, 5.74) is 1.41. The molecule has 1 fully saturated rings. The summed E-state index contributed by atoms with van der Waals surface area (Å²) in [7, 11) is 0. The van der Waals surface area contributed by atoms with Crippen molar-refractivity contribution in [2.45, 2.75) is 26.3 Å². The molecule has 1 aromatic rings. The lowest BCUT2D eigenvalue weighted by Gasteiger charge is -2.16. The average Bonchev–Trinajstić information content (AvgIpc) is 2.69. The van der Waals surface area contributed by atoms with Gasteiger partial charge < -0.3 is 0 Å². The molecule has 1 saturated heterocycles. The van der Waals surface area contributed by atoms with Crippen LogP contribution in [0.1, 0.15) is 25.3 Å². The van der Waals surface area contributed by atoms with Crippen molar-refractivity contribution in [1.82, 2.24) is 4.90 Å². The van der Waals surface area contributed by atoms with Crippen molar-refractivity contribution < 1.29 is 0 Å². The van der Waals surface area contributed by atoms with E-state index in [0.29, 0.717) is 0 Å². The zero-order valence-electron chi connectivity index (χ0n) is 9.25. The number of halogens is 1. The van der Waals surface area contributed by atoms with E-state index in [0.717, 1.165) is 12.5 Å². The largest absolute Gasteiger partial charge is 0.299 e. The molecule has 1 aromatic carbocycles. The topological polar surface area (TPSA) is 3.24 Å². The van der Waals surface area contributed by atoms with Crippen LogP contribution < -0.4 is 0 Å². The Hall–Kier alpha value is -0.340. The molecule has 0 saturated carbocycles. The number of hydrogen-bond acceptors (Lipinski definition) is 1. The highest BCUT2D eigenvalue weighted by molar-refractivity contribution is 9.10. The highest BCUT2D eigenvalue weighted by atomic mass is 79.9. The van der Waals surface area contributed by atoms with Crippen LogP contribution in [-0.4, -0.2) is 18.0 Å². The molecule has 1 nitrogen and oxygen atoms in total. The summed E-state index contributed by atoms with van der Waals surface area (Å²) in [5, 5.41) is 0. The second-order valence-electron chi connectivity index (χ2n) is 4.39. The standard InChI is InChI=1S/C13H18BrN/c1-2-11-7-8-15(9-11)10-12-5-3-4-6-13(12)14/h3-6,11H,2,7-10H2,1H3. The lowest BCUT2D eigenvalue weighted by molar-refractivity contribution is 0.314. The summed E-state index contributed by atoms with van der Waals surface area (Å²) in [6.45, 7) is 5.93. The van der Waals surface area contributed by atoms with Crippen molar-refractivity contribution in [3.05, 3.63) is 34.3 Å². The Morgan fingerprint density at radius 3 is 2.87 bits per heavy atom. The van der Waals surface area contributed by atoms with Crippen LogP contribution in [0, 0.1) is 5.92 Å². The van der Waals surface area contributed by atoms with Gasteiger partial charge in [0, 0.05) is 17.6 Å². The van der Waals surface area contributed by atoms with Crippen LogP contribution in [0.5, 0.6) is 0 Å². The summed E-state index contributed by atoms with van der Waals surface area (Å²) in [5.74, 6) is 0.924. The molecule has 0 N–H and O–H groups in total. The predicted molar refractivity (Wildman–Crippen MR) is 67.8 cm³/mol. The second kappa shape index (κ2) is 5.13. The minimum Gasteiger partial charge on any atom is -0.299 e. The van der Waals surface area contributed by atoms with E-state index in [9.17, 15) is 0 Å². The van der Waals surface area contributed by atoms with Crippen LogP contribution in [0.2, 0.25) is 0 Å². The van der Waals surface area contributed by atoms with E-state index < -0.39 is 0 Å². The molecule has 0 aliphatic carbocycles. The fraction of sp³-hybridized carbons (Fsp3) is 0.538. The Labute approximate surface area is 101 Å². The zero-order chi connectivity index (χ0) is 10.7. The van der Waals surface area contributed by atoms with Gasteiger partial charge in [-0.05, 0) is 30.5 Å². The van der Waals surface area contributed by atoms with Gasteiger partial charge in [0.05, 0.1) is 0 Å². The van der Waals surface area contributed by atoms with Crippen LogP contribution in [0.4, 0.5) is 0 Å². The van der Waals surface area contributed by atoms with Gasteiger partial charge in [-0.2, -0.15) is 0 Å². The third kappa shape index (κ3) is 2.82. The Morgan fingerprint density at radius 2 is 2.20 bits per heavy atom. The molecule has 0 aromatic heterocycles. The predicted octanol–water partition coefficient (Wildman–Crippen LogP) is 3.68. The minimum absolute atomic E-state index is 0.924. The van der Waals surface area contributed by atoms with Crippen molar-refractivity contribution in [2.75, 3.05) is 13.1 Å². The Balaban J connectivity index is 1.96. The third-order valence-electron chi connectivity index (χ3n) is 3.30. The van der Waals surface area contributed by atoms with Gasteiger partial charge in [-0.25, -0.2) is 0 Å². The van der Waals surface area contributed by atoms with E-state index in [4.69, 9.17) is 0 Å². The summed E-state index contributed by atoms with van der Waals surface area (Å²) >= 11 is 3.61. The van der Waals surface area contributed by atoms with Crippen LogP contribution in [0.25, 0.3) is 0 Å². The molecule has 82 valence electrons. The quantitative estimate of drug-likeness (QED) is 0.808. The first-order valence-corrected chi connectivity index (χ1v) is 6.54. The minimum atomic E-state index is 0.924. The third-order valence-corrected chi connectivity index (χ3v) is 4.07. The smallest absolute Gasteiger partial charge is 0.0245 e. The molecule has 1 aliphatic rings. The van der Waals surface area contributed by atoms with Gasteiger partial charge in [0.25, 0.3) is 0 Å². The number of hydrogen-bond donors (Lipinski definition) is 0. The molecule has 0 bridgehead atoms. The van der Waals surface area contributed by atoms with E-state index in [2.05, 4.69) is 52.0 Å². The molecule has 15 heavy (non-hydrogen) atoms. The van der Waals surface area contributed by atoms with Crippen molar-refractivity contribution in [1.29, 1.82) is 0 Å². The fourth-order valence-electron chi connectivity index (χ4n) is 2.26. The second-order valence-corrected chi connectivity index (χ2v) is 5.24. The van der Waals surface area contributed by atoms with Crippen molar-refractivity contribution in [2.24, 2.45) is 5.92 Å². The van der Waals surface area contributed by atoms with Crippen LogP contribution in [0.3, 0.4) is 0 Å². The van der Waals surface area contributed by atoms with Crippen LogP contribution in [0.15, 0.2) is 28.7 Å². The normalized spacial score (nSPS) is 22.1. The van der Waals surface area contributed by atoms with Crippen molar-refractivity contribution >= 4 is 15.9 Å². The van der Waals surface area contributed by atoms with E-state index in [1.807, 2.05) is 0 Å². The van der Waals surface area contributed by atoms with E-state index in [1.165, 1.54) is 36.0 Å². The molecule has 0 radical (unpaired) electrons. The number of benzene rings is 1. The highest BCUT2D eigenvalue weighted by Crippen LogP contribution is 2.23. The maximum absolute atomic E-state index is 3.61. The van der Waals surface area contributed by atoms with Gasteiger partial charge >= 0.3 is 0 Å². The lowest BCUT2D eigenvalue weighted by Crippen LogP contribution is -2.20. The fourth-order valence-corrected chi connectivity index (χ4v) is 2.67. The summed E-state index contributed by atoms with van der Waals surface area (Å²) < 4.78 is 1.24. The van der Waals surface area contributed by atoms with Crippen LogP contribution >= 0.6 is 15.9 Å². The first-order valence-electron chi connectivity index (χ1n) is 5.75. The Kier molecular flexibility index (Phi) is 3.81. The van der Waals surface area contributed by atoms with Gasteiger partial charge in [-0.3, -0.25) is 4.90 Å². The molecule has 1 aliphatic heterocycles. The lowest BCUT2D eigenvalue weighted by atomic mass is 10.1. The van der Waals surface area contributed by atoms with E-state index in [1.54, 1.807) is 0 Å². The Bertz CT molecular complexity index is 324. The monoisotopic (exact) mass is 267 g/mol. The number of rotatable bonds is 3. The SMILES string of the molecule is CCC1CCN(Cc2ccccc2Br)C1. The summed E-state index contributed by atoms with van der Waals surface area (Å²) in [4.78, 5) is 2.56. The van der Waals surface area contributed by atoms with Crippen molar-refractivity contribution in [3.8, 4) is 0 Å². The van der Waals surface area contributed by atoms with Gasteiger partial charge in [0.15, 0.2) is 0 Å². The van der Waals surface area contributed by atoms with Gasteiger partial charge in [0.1, 0.15) is 0 Å². The number of likely N-dealkylation sites (tertiary alicyclic amines) is 1. The summed E-state index contributed by atoms with van der Waals surface area (Å²) in [6, 6.07) is 8.53. The number of nitrogens with zero attached hydrogens (tertiary/aromatic N) is 1. The van der Waals surface area contributed by atoms with E-state index >= 15 is 0 Å².